The van der Waals surface area contributed by atoms with Crippen LogP contribution in [-0.2, 0) is 23.8 Å². The Kier molecular flexibility index (Phi) is 28.8. The maximum Gasteiger partial charge on any atom is 0.361 e. The first-order valence-corrected chi connectivity index (χ1v) is 17.6. The molecular formula is C36H68NO7+. The van der Waals surface area contributed by atoms with Gasteiger partial charge in [-0.25, -0.2) is 4.79 Å². The van der Waals surface area contributed by atoms with E-state index in [2.05, 4.69) is 31.2 Å². The smallest absolute Gasteiger partial charge is 0.361 e. The van der Waals surface area contributed by atoms with Gasteiger partial charge in [-0.15, -0.1) is 0 Å². The summed E-state index contributed by atoms with van der Waals surface area (Å²) >= 11 is 0. The van der Waals surface area contributed by atoms with E-state index in [9.17, 15) is 19.8 Å². The topological polar surface area (TPSA) is 102 Å². The van der Waals surface area contributed by atoms with Crippen LogP contribution >= 0.6 is 0 Å². The van der Waals surface area contributed by atoms with Crippen molar-refractivity contribution in [3.8, 4) is 0 Å². The molecule has 2 unspecified atom stereocenters. The number of carboxylic acids is 1. The Morgan fingerprint density at radius 1 is 0.682 bits per heavy atom. The monoisotopic (exact) mass is 626 g/mol. The second kappa shape index (κ2) is 29.9. The normalized spacial score (nSPS) is 13.6. The second-order valence-corrected chi connectivity index (χ2v) is 13.0. The van der Waals surface area contributed by atoms with E-state index >= 15 is 0 Å². The summed E-state index contributed by atoms with van der Waals surface area (Å²) in [7, 11) is 5.91. The fourth-order valence-corrected chi connectivity index (χ4v) is 4.63. The van der Waals surface area contributed by atoms with Crippen LogP contribution in [0.15, 0.2) is 24.3 Å². The maximum atomic E-state index is 11.9. The minimum atomic E-state index is -1.46. The van der Waals surface area contributed by atoms with Gasteiger partial charge in [0.2, 0.25) is 0 Å². The number of unbranched alkanes of at least 4 members (excludes halogenated alkanes) is 16. The Hall–Kier alpha value is -1.74. The highest BCUT2D eigenvalue weighted by molar-refractivity contribution is 5.70. The Labute approximate surface area is 269 Å². The van der Waals surface area contributed by atoms with Crippen molar-refractivity contribution in [3.63, 3.8) is 0 Å². The van der Waals surface area contributed by atoms with Crippen LogP contribution < -0.4 is 0 Å². The lowest BCUT2D eigenvalue weighted by Gasteiger charge is -2.24. The quantitative estimate of drug-likeness (QED) is 0.0257. The number of likely N-dealkylation sites (N-methyl/N-ethyl adjacent to an activating group) is 1. The number of carbonyl (C=O) groups excluding carboxylic acids is 1. The number of hydrogen-bond donors (Lipinski definition) is 2. The summed E-state index contributed by atoms with van der Waals surface area (Å²) in [6, 6.07) is 0. The minimum absolute atomic E-state index is 0.210. The number of aliphatic hydroxyl groups excluding tert-OH is 1. The van der Waals surface area contributed by atoms with E-state index in [1.807, 2.05) is 21.1 Å². The number of aliphatic carboxylic acids is 1. The van der Waals surface area contributed by atoms with Gasteiger partial charge in [-0.3, -0.25) is 4.79 Å². The van der Waals surface area contributed by atoms with Crippen molar-refractivity contribution in [1.29, 1.82) is 0 Å². The molecule has 2 atom stereocenters. The van der Waals surface area contributed by atoms with Crippen LogP contribution in [0.1, 0.15) is 135 Å². The molecule has 0 saturated heterocycles. The molecule has 0 aromatic heterocycles. The van der Waals surface area contributed by atoms with Crippen molar-refractivity contribution in [2.45, 2.75) is 148 Å². The van der Waals surface area contributed by atoms with Crippen molar-refractivity contribution in [2.24, 2.45) is 0 Å². The largest absolute Gasteiger partial charge is 0.477 e. The second-order valence-electron chi connectivity index (χ2n) is 13.0. The third-order valence-electron chi connectivity index (χ3n) is 7.44. The van der Waals surface area contributed by atoms with Gasteiger partial charge in [-0.1, -0.05) is 115 Å². The zero-order valence-electron chi connectivity index (χ0n) is 28.8. The Morgan fingerprint density at radius 2 is 1.18 bits per heavy atom. The molecule has 8 nitrogen and oxygen atoms in total. The summed E-state index contributed by atoms with van der Waals surface area (Å²) in [5.74, 6) is -1.61. The highest BCUT2D eigenvalue weighted by Gasteiger charge is 2.22. The first-order chi connectivity index (χ1) is 21.2. The third-order valence-corrected chi connectivity index (χ3v) is 7.44. The van der Waals surface area contributed by atoms with Crippen LogP contribution in [0.4, 0.5) is 0 Å². The molecule has 44 heavy (non-hydrogen) atoms. The zero-order chi connectivity index (χ0) is 32.7. The number of rotatable bonds is 32. The summed E-state index contributed by atoms with van der Waals surface area (Å²) in [5, 5.41) is 19.2. The Balaban J connectivity index is 3.53. The van der Waals surface area contributed by atoms with E-state index in [-0.39, 0.29) is 25.8 Å². The SMILES string of the molecule is CCCCCCC/C=C\C/C=C\CCCCCCCCCCCCCC(=O)OCC(O)COC(OCC[N+](C)(C)C)C(=O)O. The van der Waals surface area contributed by atoms with Crippen LogP contribution in [0.2, 0.25) is 0 Å². The third kappa shape index (κ3) is 31.7. The lowest BCUT2D eigenvalue weighted by Crippen LogP contribution is -2.40. The molecule has 2 N–H and O–H groups in total. The summed E-state index contributed by atoms with van der Waals surface area (Å²) in [6.45, 7) is 2.57. The highest BCUT2D eigenvalue weighted by Crippen LogP contribution is 2.13. The van der Waals surface area contributed by atoms with Gasteiger partial charge in [-0.2, -0.15) is 0 Å². The average Bonchev–Trinajstić information content (AvgIpc) is 2.97. The molecule has 0 amide bonds. The van der Waals surface area contributed by atoms with E-state index in [1.54, 1.807) is 0 Å². The van der Waals surface area contributed by atoms with Crippen molar-refractivity contribution >= 4 is 11.9 Å². The lowest BCUT2D eigenvalue weighted by atomic mass is 10.0. The van der Waals surface area contributed by atoms with Gasteiger partial charge < -0.3 is 28.9 Å². The van der Waals surface area contributed by atoms with Gasteiger partial charge in [-0.05, 0) is 38.5 Å². The molecule has 0 aliphatic rings. The molecule has 0 bridgehead atoms. The van der Waals surface area contributed by atoms with Crippen LogP contribution in [0.25, 0.3) is 0 Å². The fourth-order valence-electron chi connectivity index (χ4n) is 4.63. The molecule has 8 heteroatoms. The van der Waals surface area contributed by atoms with Crippen molar-refractivity contribution < 1.29 is 38.5 Å². The number of hydrogen-bond acceptors (Lipinski definition) is 6. The van der Waals surface area contributed by atoms with E-state index in [4.69, 9.17) is 14.2 Å². The number of ether oxygens (including phenoxy) is 3. The van der Waals surface area contributed by atoms with Crippen LogP contribution in [-0.4, -0.2) is 86.5 Å². The van der Waals surface area contributed by atoms with Gasteiger partial charge in [0.15, 0.2) is 0 Å². The Bertz CT molecular complexity index is 732. The molecule has 0 aromatic rings. The Morgan fingerprint density at radius 3 is 1.68 bits per heavy atom. The van der Waals surface area contributed by atoms with Gasteiger partial charge in [0.25, 0.3) is 6.29 Å². The van der Waals surface area contributed by atoms with Gasteiger partial charge in [0, 0.05) is 6.42 Å². The van der Waals surface area contributed by atoms with E-state index in [0.29, 0.717) is 17.4 Å². The molecule has 0 aromatic carbocycles. The predicted octanol–water partition coefficient (Wildman–Crippen LogP) is 7.97. The molecule has 0 aliphatic heterocycles. The van der Waals surface area contributed by atoms with Crippen LogP contribution in [0, 0.1) is 0 Å². The molecule has 0 rings (SSSR count). The zero-order valence-corrected chi connectivity index (χ0v) is 28.8. The lowest BCUT2D eigenvalue weighted by molar-refractivity contribution is -0.870. The number of nitrogens with zero attached hydrogens (tertiary/aromatic N) is 1. The summed E-state index contributed by atoms with van der Waals surface area (Å²) < 4.78 is 16.1. The molecular weight excluding hydrogens is 558 g/mol. The summed E-state index contributed by atoms with van der Waals surface area (Å²) in [6.07, 6.45) is 30.6. The standard InChI is InChI=1S/C36H67NO7/c1-5-6-7-8-9-10-11-12-13-14-15-16-17-18-19-20-21-22-23-24-25-26-27-28-34(39)43-31-33(38)32-44-36(35(40)41)42-30-29-37(2,3)4/h11-12,14-15,33,36,38H,5-10,13,16-32H2,1-4H3/p+1/b12-11-,15-14-. The van der Waals surface area contributed by atoms with Gasteiger partial charge in [0.1, 0.15) is 19.3 Å². The molecule has 0 spiro atoms. The van der Waals surface area contributed by atoms with Crippen molar-refractivity contribution in [1.82, 2.24) is 0 Å². The molecule has 0 fully saturated rings. The molecule has 0 saturated carbocycles. The van der Waals surface area contributed by atoms with Crippen LogP contribution in [0.5, 0.6) is 0 Å². The molecule has 0 radical (unpaired) electrons. The van der Waals surface area contributed by atoms with Crippen molar-refractivity contribution in [2.75, 3.05) is 47.5 Å². The van der Waals surface area contributed by atoms with E-state index < -0.39 is 18.4 Å². The van der Waals surface area contributed by atoms with Crippen LogP contribution in [0.3, 0.4) is 0 Å². The fraction of sp³-hybridized carbons (Fsp3) is 0.833. The summed E-state index contributed by atoms with van der Waals surface area (Å²) in [4.78, 5) is 23.2. The number of allylic oxidation sites excluding steroid dienone is 4. The average molecular weight is 627 g/mol. The highest BCUT2D eigenvalue weighted by atomic mass is 16.7. The van der Waals surface area contributed by atoms with Gasteiger partial charge >= 0.3 is 11.9 Å². The van der Waals surface area contributed by atoms with E-state index in [0.717, 1.165) is 25.7 Å². The van der Waals surface area contributed by atoms with Crippen molar-refractivity contribution in [3.05, 3.63) is 24.3 Å². The number of carbonyl (C=O) groups is 2. The van der Waals surface area contributed by atoms with Gasteiger partial charge in [0.05, 0.1) is 34.4 Å². The first-order valence-electron chi connectivity index (χ1n) is 17.6. The molecule has 0 aliphatic carbocycles. The summed E-state index contributed by atoms with van der Waals surface area (Å²) in [5.41, 5.74) is 0. The minimum Gasteiger partial charge on any atom is -0.477 e. The first kappa shape index (κ1) is 42.3. The predicted molar refractivity (Wildman–Crippen MR) is 179 cm³/mol. The number of carboxylic acid groups (broad SMARTS) is 1. The number of esters is 1. The number of quaternary nitrogens is 1. The maximum absolute atomic E-state index is 11.9. The molecule has 258 valence electrons. The number of aliphatic hydroxyl groups is 1. The van der Waals surface area contributed by atoms with E-state index in [1.165, 1.54) is 96.3 Å². The molecule has 0 heterocycles.